The zero-order valence-corrected chi connectivity index (χ0v) is 13.7. The molecule has 0 aliphatic rings. The van der Waals surface area contributed by atoms with Gasteiger partial charge in [-0.1, -0.05) is 12.1 Å². The number of halogens is 3. The number of hydrogen-bond acceptors (Lipinski definition) is 3. The van der Waals surface area contributed by atoms with Crippen molar-refractivity contribution in [3.05, 3.63) is 64.2 Å². The molecule has 0 saturated heterocycles. The molecule has 0 radical (unpaired) electrons. The van der Waals surface area contributed by atoms with Gasteiger partial charge in [0, 0.05) is 12.0 Å². The van der Waals surface area contributed by atoms with Crippen LogP contribution in [0.3, 0.4) is 0 Å². The topological polar surface area (TPSA) is 30.0 Å². The fourth-order valence-corrected chi connectivity index (χ4v) is 3.34. The number of thiazole rings is 1. The van der Waals surface area contributed by atoms with Crippen LogP contribution in [0.4, 0.5) is 13.2 Å². The van der Waals surface area contributed by atoms with Crippen LogP contribution in [0, 0.1) is 6.92 Å². The number of carbonyl (C=O) groups excluding carboxylic acids is 1. The van der Waals surface area contributed by atoms with Crippen LogP contribution in [0.1, 0.15) is 32.9 Å². The smallest absolute Gasteiger partial charge is 0.294 e. The lowest BCUT2D eigenvalue weighted by Gasteiger charge is -2.07. The molecule has 0 aliphatic carbocycles. The number of alkyl halides is 3. The van der Waals surface area contributed by atoms with Gasteiger partial charge in [-0.05, 0) is 49.2 Å². The van der Waals surface area contributed by atoms with Gasteiger partial charge in [0.05, 0.1) is 20.8 Å². The first kappa shape index (κ1) is 16.6. The van der Waals surface area contributed by atoms with Crippen LogP contribution in [-0.4, -0.2) is 10.8 Å². The second kappa shape index (κ2) is 6.36. The Balaban J connectivity index is 1.68. The maximum atomic E-state index is 12.5. The lowest BCUT2D eigenvalue weighted by molar-refractivity contribution is -0.137. The number of rotatable bonds is 4. The normalized spacial score (nSPS) is 11.8. The minimum absolute atomic E-state index is 0.0251. The van der Waals surface area contributed by atoms with Crippen molar-refractivity contribution in [3.63, 3.8) is 0 Å². The lowest BCUT2D eigenvalue weighted by atomic mass is 10.0. The summed E-state index contributed by atoms with van der Waals surface area (Å²) in [4.78, 5) is 16.6. The molecule has 0 fully saturated rings. The summed E-state index contributed by atoms with van der Waals surface area (Å²) < 4.78 is 38.5. The minimum Gasteiger partial charge on any atom is -0.294 e. The molecule has 1 aromatic heterocycles. The predicted molar refractivity (Wildman–Crippen MR) is 88.5 cm³/mol. The van der Waals surface area contributed by atoms with E-state index in [0.717, 1.165) is 27.4 Å². The van der Waals surface area contributed by atoms with Crippen LogP contribution in [0.5, 0.6) is 0 Å². The molecule has 2 nitrogen and oxygen atoms in total. The first-order valence-electron chi connectivity index (χ1n) is 7.39. The average Bonchev–Trinajstić information content (AvgIpc) is 2.91. The Bertz CT molecular complexity index is 881. The number of aryl methyl sites for hydroxylation is 2. The van der Waals surface area contributed by atoms with Crippen LogP contribution >= 0.6 is 11.3 Å². The highest BCUT2D eigenvalue weighted by atomic mass is 32.1. The van der Waals surface area contributed by atoms with Crippen molar-refractivity contribution in [2.45, 2.75) is 25.9 Å². The summed E-state index contributed by atoms with van der Waals surface area (Å²) in [6, 6.07) is 10.3. The third kappa shape index (κ3) is 3.64. The van der Waals surface area contributed by atoms with Gasteiger partial charge in [0.1, 0.15) is 0 Å². The maximum absolute atomic E-state index is 12.5. The van der Waals surface area contributed by atoms with E-state index in [4.69, 9.17) is 0 Å². The number of hydrogen-bond donors (Lipinski definition) is 0. The molecule has 3 rings (SSSR count). The number of ketones is 1. The molecule has 0 spiro atoms. The van der Waals surface area contributed by atoms with Crippen molar-refractivity contribution < 1.29 is 18.0 Å². The van der Waals surface area contributed by atoms with Crippen molar-refractivity contribution >= 4 is 27.3 Å². The van der Waals surface area contributed by atoms with E-state index in [2.05, 4.69) is 4.98 Å². The van der Waals surface area contributed by atoms with Gasteiger partial charge >= 0.3 is 6.18 Å². The number of carbonyl (C=O) groups is 1. The van der Waals surface area contributed by atoms with Gasteiger partial charge in [-0.2, -0.15) is 13.2 Å². The highest BCUT2D eigenvalue weighted by molar-refractivity contribution is 7.18. The molecular weight excluding hydrogens is 335 g/mol. The molecule has 0 unspecified atom stereocenters. The van der Waals surface area contributed by atoms with Crippen molar-refractivity contribution in [2.24, 2.45) is 0 Å². The van der Waals surface area contributed by atoms with Gasteiger partial charge in [0.15, 0.2) is 5.78 Å². The van der Waals surface area contributed by atoms with Crippen LogP contribution in [0.25, 0.3) is 10.2 Å². The second-order valence-electron chi connectivity index (χ2n) is 5.53. The Morgan fingerprint density at radius 2 is 1.83 bits per heavy atom. The van der Waals surface area contributed by atoms with Gasteiger partial charge < -0.3 is 0 Å². The standard InChI is InChI=1S/C18H14F3NOS/c1-11-22-15-8-5-13(10-17(15)24-11)16(23)9-4-12-2-6-14(7-3-12)18(19,20)21/h2-3,5-8,10H,4,9H2,1H3. The van der Waals surface area contributed by atoms with E-state index in [1.165, 1.54) is 23.5 Å². The Kier molecular flexibility index (Phi) is 4.41. The Labute approximate surface area is 141 Å². The summed E-state index contributed by atoms with van der Waals surface area (Å²) in [6.07, 6.45) is -3.66. The molecule has 0 bridgehead atoms. The number of aromatic nitrogens is 1. The van der Waals surface area contributed by atoms with E-state index in [0.29, 0.717) is 17.5 Å². The van der Waals surface area contributed by atoms with Gasteiger partial charge in [-0.25, -0.2) is 4.98 Å². The van der Waals surface area contributed by atoms with Crippen molar-refractivity contribution in [1.29, 1.82) is 0 Å². The molecule has 0 aliphatic heterocycles. The molecule has 0 saturated carbocycles. The molecule has 0 atom stereocenters. The average molecular weight is 349 g/mol. The summed E-state index contributed by atoms with van der Waals surface area (Å²) in [5.41, 5.74) is 1.52. The first-order chi connectivity index (χ1) is 11.3. The van der Waals surface area contributed by atoms with E-state index in [1.807, 2.05) is 19.1 Å². The summed E-state index contributed by atoms with van der Waals surface area (Å²) in [7, 11) is 0. The van der Waals surface area contributed by atoms with Crippen LogP contribution in [-0.2, 0) is 12.6 Å². The second-order valence-corrected chi connectivity index (χ2v) is 6.77. The number of benzene rings is 2. The molecular formula is C18H14F3NOS. The van der Waals surface area contributed by atoms with E-state index in [-0.39, 0.29) is 12.2 Å². The fourth-order valence-electron chi connectivity index (χ4n) is 2.48. The zero-order chi connectivity index (χ0) is 17.3. The quantitative estimate of drug-likeness (QED) is 0.587. The molecule has 124 valence electrons. The Hall–Kier alpha value is -2.21. The lowest BCUT2D eigenvalue weighted by Crippen LogP contribution is -2.05. The predicted octanol–water partition coefficient (Wildman–Crippen LogP) is 5.44. The molecule has 2 aromatic carbocycles. The molecule has 0 amide bonds. The largest absolute Gasteiger partial charge is 0.416 e. The number of fused-ring (bicyclic) bond motifs is 1. The van der Waals surface area contributed by atoms with Crippen LogP contribution < -0.4 is 0 Å². The van der Waals surface area contributed by atoms with Gasteiger partial charge in [0.25, 0.3) is 0 Å². The van der Waals surface area contributed by atoms with Gasteiger partial charge in [0.2, 0.25) is 0 Å². The Morgan fingerprint density at radius 3 is 2.50 bits per heavy atom. The van der Waals surface area contributed by atoms with Crippen LogP contribution in [0.15, 0.2) is 42.5 Å². The highest BCUT2D eigenvalue weighted by Gasteiger charge is 2.29. The SMILES string of the molecule is Cc1nc2ccc(C(=O)CCc3ccc(C(F)(F)F)cc3)cc2s1. The van der Waals surface area contributed by atoms with Gasteiger partial charge in [-0.15, -0.1) is 11.3 Å². The summed E-state index contributed by atoms with van der Waals surface area (Å²) in [6.45, 7) is 1.91. The minimum atomic E-state index is -4.34. The fraction of sp³-hybridized carbons (Fsp3) is 0.222. The molecule has 6 heteroatoms. The molecule has 1 heterocycles. The van der Waals surface area contributed by atoms with Crippen LogP contribution in [0.2, 0.25) is 0 Å². The van der Waals surface area contributed by atoms with Crippen molar-refractivity contribution in [2.75, 3.05) is 0 Å². The van der Waals surface area contributed by atoms with Crippen molar-refractivity contribution in [1.82, 2.24) is 4.98 Å². The molecule has 24 heavy (non-hydrogen) atoms. The van der Waals surface area contributed by atoms with Crippen molar-refractivity contribution in [3.8, 4) is 0 Å². The molecule has 3 aromatic rings. The third-order valence-electron chi connectivity index (χ3n) is 3.74. The summed E-state index contributed by atoms with van der Waals surface area (Å²) in [5.74, 6) is -0.0251. The first-order valence-corrected chi connectivity index (χ1v) is 8.21. The van der Waals surface area contributed by atoms with E-state index in [1.54, 1.807) is 6.07 Å². The zero-order valence-electron chi connectivity index (χ0n) is 12.9. The van der Waals surface area contributed by atoms with E-state index >= 15 is 0 Å². The highest BCUT2D eigenvalue weighted by Crippen LogP contribution is 2.29. The Morgan fingerprint density at radius 1 is 1.12 bits per heavy atom. The monoisotopic (exact) mass is 349 g/mol. The molecule has 0 N–H and O–H groups in total. The number of Topliss-reactive ketones (excluding diaryl/α,β-unsaturated/α-hetero) is 1. The third-order valence-corrected chi connectivity index (χ3v) is 4.67. The van der Waals surface area contributed by atoms with Gasteiger partial charge in [-0.3, -0.25) is 4.79 Å². The van der Waals surface area contributed by atoms with E-state index in [9.17, 15) is 18.0 Å². The summed E-state index contributed by atoms with van der Waals surface area (Å²) in [5, 5.41) is 0.944. The maximum Gasteiger partial charge on any atom is 0.416 e. The number of nitrogens with zero attached hydrogens (tertiary/aromatic N) is 1. The van der Waals surface area contributed by atoms with E-state index < -0.39 is 11.7 Å². The summed E-state index contributed by atoms with van der Waals surface area (Å²) >= 11 is 1.53.